The predicted molar refractivity (Wildman–Crippen MR) is 188 cm³/mol. The number of alkyl halides is 3. The van der Waals surface area contributed by atoms with Crippen LogP contribution in [-0.4, -0.2) is 44.9 Å². The number of halogens is 3. The van der Waals surface area contributed by atoms with E-state index in [0.717, 1.165) is 46.5 Å². The molecule has 0 aromatic heterocycles. The molecule has 3 aliphatic rings. The first-order valence-corrected chi connectivity index (χ1v) is 17.6. The minimum absolute atomic E-state index is 0.00986. The van der Waals surface area contributed by atoms with Crippen LogP contribution >= 0.6 is 34.8 Å². The van der Waals surface area contributed by atoms with Crippen LogP contribution in [0, 0.1) is 16.7 Å². The van der Waals surface area contributed by atoms with Gasteiger partial charge in [-0.25, -0.2) is 0 Å². The van der Waals surface area contributed by atoms with Crippen LogP contribution in [0.1, 0.15) is 81.6 Å². The van der Waals surface area contributed by atoms with Crippen molar-refractivity contribution in [1.82, 2.24) is 10.2 Å². The van der Waals surface area contributed by atoms with Crippen LogP contribution in [0.2, 0.25) is 0 Å². The summed E-state index contributed by atoms with van der Waals surface area (Å²) in [6, 6.07) is 24.7. The molecule has 6 nitrogen and oxygen atoms in total. The van der Waals surface area contributed by atoms with Gasteiger partial charge in [0, 0.05) is 37.2 Å². The van der Waals surface area contributed by atoms with Gasteiger partial charge in [-0.1, -0.05) is 135 Å². The van der Waals surface area contributed by atoms with Crippen LogP contribution < -0.4 is 5.32 Å². The first-order chi connectivity index (χ1) is 22.2. The number of benzene rings is 3. The van der Waals surface area contributed by atoms with E-state index in [9.17, 15) is 9.90 Å². The molecule has 1 amide bonds. The van der Waals surface area contributed by atoms with Crippen LogP contribution in [0.3, 0.4) is 0 Å². The standard InChI is InChI=1S/C38H45Cl3N2O4/c1-24-32(20-43-23-37(4)18-30(43)17-36(2,3)22-37)46-34(47-33(24)27-11-9-25(21-44)10-12-27)28-15-13-26(14-16-28)31-8-6-5-7-29(31)19-42-35(45)38(39,40)41/h5-16,24,30,32-34,44H,17-23H2,1-4H3,(H,42,45). The van der Waals surface area contributed by atoms with Gasteiger partial charge in [-0.15, -0.1) is 0 Å². The highest BCUT2D eigenvalue weighted by Gasteiger charge is 2.51. The number of hydrogen-bond donors (Lipinski definition) is 2. The Kier molecular flexibility index (Phi) is 10.1. The molecule has 0 radical (unpaired) electrons. The number of likely N-dealkylation sites (tertiary alicyclic amines) is 1. The van der Waals surface area contributed by atoms with Gasteiger partial charge >= 0.3 is 0 Å². The van der Waals surface area contributed by atoms with Crippen molar-refractivity contribution in [2.75, 3.05) is 13.1 Å². The minimum Gasteiger partial charge on any atom is -0.392 e. The highest BCUT2D eigenvalue weighted by molar-refractivity contribution is 6.76. The van der Waals surface area contributed by atoms with E-state index in [1.54, 1.807) is 0 Å². The van der Waals surface area contributed by atoms with Crippen LogP contribution in [0.5, 0.6) is 0 Å². The summed E-state index contributed by atoms with van der Waals surface area (Å²) >= 11 is 17.3. The monoisotopic (exact) mass is 698 g/mol. The Labute approximate surface area is 293 Å². The molecule has 3 aromatic rings. The molecule has 1 saturated carbocycles. The average molecular weight is 700 g/mol. The van der Waals surface area contributed by atoms with Gasteiger partial charge in [0.15, 0.2) is 6.29 Å². The molecule has 6 atom stereocenters. The Hall–Kier alpha value is -2.16. The number of hydrogen-bond acceptors (Lipinski definition) is 5. The maximum absolute atomic E-state index is 12.2. The van der Waals surface area contributed by atoms with Gasteiger partial charge < -0.3 is 19.9 Å². The van der Waals surface area contributed by atoms with Crippen molar-refractivity contribution >= 4 is 40.7 Å². The van der Waals surface area contributed by atoms with E-state index in [1.807, 2.05) is 36.4 Å². The first-order valence-electron chi connectivity index (χ1n) is 16.5. The van der Waals surface area contributed by atoms with E-state index in [0.29, 0.717) is 16.9 Å². The largest absolute Gasteiger partial charge is 0.392 e. The van der Waals surface area contributed by atoms with Gasteiger partial charge in [-0.3, -0.25) is 9.69 Å². The maximum Gasteiger partial charge on any atom is 0.272 e. The zero-order valence-corrected chi connectivity index (χ0v) is 29.8. The van der Waals surface area contributed by atoms with E-state index in [4.69, 9.17) is 44.3 Å². The van der Waals surface area contributed by atoms with Crippen molar-refractivity contribution in [2.45, 2.75) is 88.4 Å². The van der Waals surface area contributed by atoms with Gasteiger partial charge in [0.05, 0.1) is 18.8 Å². The summed E-state index contributed by atoms with van der Waals surface area (Å²) < 4.78 is 11.6. The number of nitrogens with one attached hydrogen (secondary N) is 1. The summed E-state index contributed by atoms with van der Waals surface area (Å²) in [5.74, 6) is -0.541. The summed E-state index contributed by atoms with van der Waals surface area (Å²) in [7, 11) is 0. The van der Waals surface area contributed by atoms with Crippen molar-refractivity contribution in [2.24, 2.45) is 16.7 Å². The van der Waals surface area contributed by atoms with E-state index in [2.05, 4.69) is 74.3 Å². The SMILES string of the molecule is CC1C(CN2CC3(C)CC2CC(C)(C)C3)OC(c2ccc(-c3ccccc3CNC(=O)C(Cl)(Cl)Cl)cc2)OC1c1ccc(CO)cc1. The summed E-state index contributed by atoms with van der Waals surface area (Å²) in [5.41, 5.74) is 6.47. The smallest absolute Gasteiger partial charge is 0.272 e. The molecule has 3 aromatic carbocycles. The van der Waals surface area contributed by atoms with Crippen LogP contribution in [0.25, 0.3) is 11.1 Å². The lowest BCUT2D eigenvalue weighted by Gasteiger charge is -2.43. The molecule has 3 fully saturated rings. The third-order valence-electron chi connectivity index (χ3n) is 10.3. The van der Waals surface area contributed by atoms with Gasteiger partial charge in [0.1, 0.15) is 0 Å². The number of carbonyl (C=O) groups is 1. The summed E-state index contributed by atoms with van der Waals surface area (Å²) in [6.07, 6.45) is 2.99. The van der Waals surface area contributed by atoms with Crippen molar-refractivity contribution in [3.8, 4) is 11.1 Å². The van der Waals surface area contributed by atoms with Crippen molar-refractivity contribution in [3.05, 3.63) is 95.1 Å². The Balaban J connectivity index is 1.24. The fourth-order valence-electron chi connectivity index (χ4n) is 8.40. The number of aliphatic hydroxyl groups is 1. The second-order valence-electron chi connectivity index (χ2n) is 14.9. The number of fused-ring (bicyclic) bond motifs is 2. The molecule has 2 heterocycles. The van der Waals surface area contributed by atoms with Crippen LogP contribution in [-0.2, 0) is 27.4 Å². The number of carbonyl (C=O) groups excluding carboxylic acids is 1. The number of ether oxygens (including phenoxy) is 2. The molecular weight excluding hydrogens is 655 g/mol. The van der Waals surface area contributed by atoms with Gasteiger partial charge in [-0.2, -0.15) is 0 Å². The van der Waals surface area contributed by atoms with E-state index in [1.165, 1.54) is 19.3 Å². The molecule has 252 valence electrons. The van der Waals surface area contributed by atoms with Crippen LogP contribution in [0.4, 0.5) is 0 Å². The summed E-state index contributed by atoms with van der Waals surface area (Å²) in [5, 5.41) is 12.3. The first kappa shape index (κ1) is 34.7. The zero-order valence-electron chi connectivity index (χ0n) is 27.5. The zero-order chi connectivity index (χ0) is 33.6. The lowest BCUT2D eigenvalue weighted by atomic mass is 9.65. The summed E-state index contributed by atoms with van der Waals surface area (Å²) in [6.45, 7) is 11.7. The topological polar surface area (TPSA) is 71.0 Å². The molecule has 2 saturated heterocycles. The normalized spacial score (nSPS) is 29.1. The molecule has 47 heavy (non-hydrogen) atoms. The highest BCUT2D eigenvalue weighted by Crippen LogP contribution is 2.53. The molecule has 9 heteroatoms. The number of aliphatic hydroxyl groups excluding tert-OH is 1. The molecule has 6 rings (SSSR count). The second-order valence-corrected chi connectivity index (χ2v) is 17.2. The third-order valence-corrected chi connectivity index (χ3v) is 10.8. The Morgan fingerprint density at radius 1 is 0.957 bits per heavy atom. The molecule has 2 bridgehead atoms. The van der Waals surface area contributed by atoms with Crippen molar-refractivity contribution in [3.63, 3.8) is 0 Å². The third kappa shape index (κ3) is 7.86. The van der Waals surface area contributed by atoms with Gasteiger partial charge in [-0.05, 0) is 57.9 Å². The van der Waals surface area contributed by atoms with Gasteiger partial charge in [0.25, 0.3) is 9.70 Å². The maximum atomic E-state index is 12.2. The lowest BCUT2D eigenvalue weighted by Crippen LogP contribution is -2.46. The molecule has 2 aliphatic heterocycles. The predicted octanol–water partition coefficient (Wildman–Crippen LogP) is 8.52. The van der Waals surface area contributed by atoms with E-state index in [-0.39, 0.29) is 31.3 Å². The molecule has 0 spiro atoms. The Morgan fingerprint density at radius 2 is 1.64 bits per heavy atom. The van der Waals surface area contributed by atoms with Crippen molar-refractivity contribution < 1.29 is 19.4 Å². The number of nitrogens with zero attached hydrogens (tertiary/aromatic N) is 1. The second kappa shape index (κ2) is 13.6. The number of amides is 1. The molecule has 1 aliphatic carbocycles. The van der Waals surface area contributed by atoms with E-state index < -0.39 is 16.0 Å². The fourth-order valence-corrected chi connectivity index (χ4v) is 8.60. The van der Waals surface area contributed by atoms with E-state index >= 15 is 0 Å². The quantitative estimate of drug-likeness (QED) is 0.231. The lowest BCUT2D eigenvalue weighted by molar-refractivity contribution is -0.276. The van der Waals surface area contributed by atoms with Crippen molar-refractivity contribution in [1.29, 1.82) is 0 Å². The fraction of sp³-hybridized carbons (Fsp3) is 0.500. The Morgan fingerprint density at radius 3 is 2.32 bits per heavy atom. The number of rotatable bonds is 8. The summed E-state index contributed by atoms with van der Waals surface area (Å²) in [4.78, 5) is 14.9. The molecule has 2 N–H and O–H groups in total. The minimum atomic E-state index is -2.02. The molecule has 6 unspecified atom stereocenters. The van der Waals surface area contributed by atoms with Gasteiger partial charge in [0.2, 0.25) is 0 Å². The highest BCUT2D eigenvalue weighted by atomic mass is 35.6. The molecular formula is C38H45Cl3N2O4. The van der Waals surface area contributed by atoms with Crippen LogP contribution in [0.15, 0.2) is 72.8 Å². The average Bonchev–Trinajstić information content (AvgIpc) is 3.27. The Bertz CT molecular complexity index is 1560.